The lowest BCUT2D eigenvalue weighted by Crippen LogP contribution is -2.47. The molecule has 0 heterocycles. The summed E-state index contributed by atoms with van der Waals surface area (Å²) in [5.74, 6) is -1.68. The first kappa shape index (κ1) is 21.6. The molecular formula is C15H18ClN3O6S. The Labute approximate surface area is 155 Å². The molecule has 0 radical (unpaired) electrons. The molecule has 2 N–H and O–H groups in total. The minimum atomic E-state index is -3.36. The van der Waals surface area contributed by atoms with Crippen molar-refractivity contribution < 1.29 is 22.9 Å². The standard InChI is InChI=1S/C15H18ClN3O6S/c1-3-7-17-15(21)12(6-8-26(2,24)25)18-14(20)10-4-5-11(16)13(9-10)19(22)23/h3-5,9,12H,1,6-8H2,2H3,(H,17,21)(H,18,20)/t12-/m1/s1. The van der Waals surface area contributed by atoms with E-state index in [0.717, 1.165) is 12.3 Å². The van der Waals surface area contributed by atoms with Gasteiger partial charge in [-0.1, -0.05) is 17.7 Å². The van der Waals surface area contributed by atoms with Gasteiger partial charge in [-0.2, -0.15) is 0 Å². The van der Waals surface area contributed by atoms with Gasteiger partial charge in [0, 0.05) is 24.4 Å². The summed E-state index contributed by atoms with van der Waals surface area (Å²) in [6, 6.07) is 2.30. The van der Waals surface area contributed by atoms with Gasteiger partial charge in [0.15, 0.2) is 0 Å². The number of nitro groups is 1. The van der Waals surface area contributed by atoms with Crippen LogP contribution in [0.2, 0.25) is 5.02 Å². The summed E-state index contributed by atoms with van der Waals surface area (Å²) in [6.07, 6.45) is 2.29. The minimum Gasteiger partial charge on any atom is -0.351 e. The Morgan fingerprint density at radius 2 is 2.08 bits per heavy atom. The fourth-order valence-electron chi connectivity index (χ4n) is 1.93. The predicted molar refractivity (Wildman–Crippen MR) is 96.9 cm³/mol. The molecular weight excluding hydrogens is 386 g/mol. The molecule has 9 nitrogen and oxygen atoms in total. The number of carbonyl (C=O) groups is 2. The topological polar surface area (TPSA) is 135 Å². The smallest absolute Gasteiger partial charge is 0.288 e. The summed E-state index contributed by atoms with van der Waals surface area (Å²) in [5, 5.41) is 15.6. The first-order valence-corrected chi connectivity index (χ1v) is 9.80. The van der Waals surface area contributed by atoms with Gasteiger partial charge in [0.05, 0.1) is 10.7 Å². The van der Waals surface area contributed by atoms with Gasteiger partial charge >= 0.3 is 0 Å². The summed E-state index contributed by atoms with van der Waals surface area (Å²) in [4.78, 5) is 34.6. The molecule has 2 amide bonds. The number of hydrogen-bond acceptors (Lipinski definition) is 6. The van der Waals surface area contributed by atoms with Crippen LogP contribution in [-0.4, -0.2) is 49.8 Å². The number of rotatable bonds is 9. The van der Waals surface area contributed by atoms with E-state index in [0.29, 0.717) is 0 Å². The SMILES string of the molecule is C=CCNC(=O)[C@@H](CCS(C)(=O)=O)NC(=O)c1ccc(Cl)c([N+](=O)[O-])c1. The van der Waals surface area contributed by atoms with E-state index < -0.39 is 38.3 Å². The predicted octanol–water partition coefficient (Wildman–Crippen LogP) is 1.08. The Hall–Kier alpha value is -2.46. The van der Waals surface area contributed by atoms with Crippen LogP contribution in [0.15, 0.2) is 30.9 Å². The van der Waals surface area contributed by atoms with E-state index in [1.54, 1.807) is 0 Å². The number of nitro benzene ring substituents is 1. The van der Waals surface area contributed by atoms with Gasteiger partial charge in [0.2, 0.25) is 5.91 Å². The second-order valence-corrected chi connectivity index (χ2v) is 8.07. The van der Waals surface area contributed by atoms with Crippen molar-refractivity contribution in [1.29, 1.82) is 0 Å². The largest absolute Gasteiger partial charge is 0.351 e. The van der Waals surface area contributed by atoms with Crippen LogP contribution in [0.4, 0.5) is 5.69 Å². The van der Waals surface area contributed by atoms with Gasteiger partial charge in [-0.3, -0.25) is 19.7 Å². The second-order valence-electron chi connectivity index (χ2n) is 5.40. The third kappa shape index (κ3) is 6.81. The van der Waals surface area contributed by atoms with E-state index in [9.17, 15) is 28.1 Å². The average Bonchev–Trinajstić information content (AvgIpc) is 2.55. The molecule has 1 atom stereocenters. The molecule has 26 heavy (non-hydrogen) atoms. The summed E-state index contributed by atoms with van der Waals surface area (Å²) in [7, 11) is -3.36. The van der Waals surface area contributed by atoms with Crippen LogP contribution in [0.1, 0.15) is 16.8 Å². The molecule has 1 rings (SSSR count). The zero-order valence-corrected chi connectivity index (χ0v) is 15.5. The van der Waals surface area contributed by atoms with Crippen molar-refractivity contribution in [2.45, 2.75) is 12.5 Å². The normalized spacial score (nSPS) is 12.1. The van der Waals surface area contributed by atoms with Crippen molar-refractivity contribution >= 4 is 38.9 Å². The number of nitrogens with zero attached hydrogens (tertiary/aromatic N) is 1. The molecule has 0 aliphatic heterocycles. The van der Waals surface area contributed by atoms with Gasteiger partial charge in [-0.05, 0) is 18.6 Å². The van der Waals surface area contributed by atoms with Crippen molar-refractivity contribution in [2.75, 3.05) is 18.6 Å². The van der Waals surface area contributed by atoms with Crippen molar-refractivity contribution in [3.8, 4) is 0 Å². The van der Waals surface area contributed by atoms with E-state index in [1.165, 1.54) is 18.2 Å². The van der Waals surface area contributed by atoms with Gasteiger partial charge in [0.1, 0.15) is 20.9 Å². The molecule has 1 aromatic carbocycles. The molecule has 0 bridgehead atoms. The van der Waals surface area contributed by atoms with Crippen molar-refractivity contribution in [3.63, 3.8) is 0 Å². The lowest BCUT2D eigenvalue weighted by molar-refractivity contribution is -0.384. The van der Waals surface area contributed by atoms with Crippen molar-refractivity contribution in [1.82, 2.24) is 10.6 Å². The Balaban J connectivity index is 2.99. The van der Waals surface area contributed by atoms with Gasteiger partial charge in [-0.15, -0.1) is 6.58 Å². The Morgan fingerprint density at radius 3 is 2.62 bits per heavy atom. The highest BCUT2D eigenvalue weighted by molar-refractivity contribution is 7.90. The third-order valence-electron chi connectivity index (χ3n) is 3.22. The minimum absolute atomic E-state index is 0.0815. The molecule has 0 saturated carbocycles. The number of hydrogen-bond donors (Lipinski definition) is 2. The first-order chi connectivity index (χ1) is 12.0. The van der Waals surface area contributed by atoms with E-state index in [-0.39, 0.29) is 29.3 Å². The highest BCUT2D eigenvalue weighted by atomic mass is 35.5. The van der Waals surface area contributed by atoms with Crippen LogP contribution in [0.3, 0.4) is 0 Å². The summed E-state index contributed by atoms with van der Waals surface area (Å²) < 4.78 is 22.7. The number of nitrogens with one attached hydrogen (secondary N) is 2. The number of halogens is 1. The molecule has 0 aliphatic rings. The second kappa shape index (κ2) is 9.30. The van der Waals surface area contributed by atoms with E-state index in [1.807, 2.05) is 0 Å². The van der Waals surface area contributed by atoms with E-state index >= 15 is 0 Å². The summed E-state index contributed by atoms with van der Waals surface area (Å²) >= 11 is 5.70. The molecule has 0 spiro atoms. The number of benzene rings is 1. The number of sulfone groups is 1. The highest BCUT2D eigenvalue weighted by Crippen LogP contribution is 2.25. The van der Waals surface area contributed by atoms with E-state index in [4.69, 9.17) is 11.6 Å². The zero-order valence-electron chi connectivity index (χ0n) is 13.9. The Kier molecular flexibility index (Phi) is 7.72. The molecule has 142 valence electrons. The van der Waals surface area contributed by atoms with Crippen LogP contribution < -0.4 is 10.6 Å². The third-order valence-corrected chi connectivity index (χ3v) is 4.52. The Morgan fingerprint density at radius 1 is 1.42 bits per heavy atom. The fraction of sp³-hybridized carbons (Fsp3) is 0.333. The molecule has 0 fully saturated rings. The lowest BCUT2D eigenvalue weighted by atomic mass is 10.1. The van der Waals surface area contributed by atoms with Gasteiger partial charge < -0.3 is 10.6 Å². The van der Waals surface area contributed by atoms with Gasteiger partial charge in [-0.25, -0.2) is 8.42 Å². The maximum Gasteiger partial charge on any atom is 0.288 e. The van der Waals surface area contributed by atoms with Crippen LogP contribution in [0.25, 0.3) is 0 Å². The molecule has 1 aromatic rings. The maximum atomic E-state index is 12.3. The van der Waals surface area contributed by atoms with Gasteiger partial charge in [0.25, 0.3) is 11.6 Å². The molecule has 11 heteroatoms. The average molecular weight is 404 g/mol. The van der Waals surface area contributed by atoms with E-state index in [2.05, 4.69) is 17.2 Å². The lowest BCUT2D eigenvalue weighted by Gasteiger charge is -2.18. The van der Waals surface area contributed by atoms with Crippen LogP contribution in [0.5, 0.6) is 0 Å². The van der Waals surface area contributed by atoms with Crippen LogP contribution >= 0.6 is 11.6 Å². The molecule has 0 aliphatic carbocycles. The van der Waals surface area contributed by atoms with Crippen LogP contribution in [-0.2, 0) is 14.6 Å². The molecule has 0 aromatic heterocycles. The fourth-order valence-corrected chi connectivity index (χ4v) is 2.78. The quantitative estimate of drug-likeness (QED) is 0.360. The summed E-state index contributed by atoms with van der Waals surface area (Å²) in [5.41, 5.74) is -0.537. The number of amides is 2. The van der Waals surface area contributed by atoms with Crippen molar-refractivity contribution in [2.24, 2.45) is 0 Å². The maximum absolute atomic E-state index is 12.3. The highest BCUT2D eigenvalue weighted by Gasteiger charge is 2.24. The summed E-state index contributed by atoms with van der Waals surface area (Å²) in [6.45, 7) is 3.58. The Bertz CT molecular complexity index is 825. The van der Waals surface area contributed by atoms with Crippen LogP contribution in [0, 0.1) is 10.1 Å². The first-order valence-electron chi connectivity index (χ1n) is 7.36. The van der Waals surface area contributed by atoms with Crippen molar-refractivity contribution in [3.05, 3.63) is 51.6 Å². The monoisotopic (exact) mass is 403 g/mol. The molecule has 0 saturated heterocycles. The molecule has 0 unspecified atom stereocenters. The zero-order chi connectivity index (χ0) is 19.9. The number of carbonyl (C=O) groups excluding carboxylic acids is 2.